The van der Waals surface area contributed by atoms with Gasteiger partial charge in [0.05, 0.1) is 46.2 Å². The fourth-order valence-electron chi connectivity index (χ4n) is 8.83. The summed E-state index contributed by atoms with van der Waals surface area (Å²) in [5.41, 5.74) is 4.24. The molecule has 0 aromatic carbocycles. The standard InChI is InChI=1S/C41H43N13O2S/c1-41(2,24-43)48-33-16-34(35-8-6-28-15-26(17-42)18-46-54(28)35)44-20-32(33)39-49-50-40(57-39)52-22-29-4-5-30(23-52)53(29)21-25-11-13-51(14-12-25)36-9-3-27(19-45-36)31-7-10-37(55)47-38(31)56/h3,6,8-9,15-16,18-20,25,29-31H,4-5,7,10-14,21-23H2,1-2H3,(H,44,48)(H,47,55,56). The summed E-state index contributed by atoms with van der Waals surface area (Å²) in [4.78, 5) is 40.9. The Labute approximate surface area is 334 Å². The summed E-state index contributed by atoms with van der Waals surface area (Å²) < 4.78 is 1.76. The first-order valence-corrected chi connectivity index (χ1v) is 20.4. The lowest BCUT2D eigenvalue weighted by Gasteiger charge is -2.43. The van der Waals surface area contributed by atoms with Crippen molar-refractivity contribution >= 4 is 45.3 Å². The maximum atomic E-state index is 12.3. The molecule has 5 aromatic heterocycles. The molecule has 9 rings (SSSR count). The van der Waals surface area contributed by atoms with Gasteiger partial charge in [-0.2, -0.15) is 15.6 Å². The van der Waals surface area contributed by atoms with Gasteiger partial charge in [0.15, 0.2) is 5.01 Å². The number of carbonyl (C=O) groups is 2. The lowest BCUT2D eigenvalue weighted by molar-refractivity contribution is -0.134. The summed E-state index contributed by atoms with van der Waals surface area (Å²) >= 11 is 1.56. The van der Waals surface area contributed by atoms with Gasteiger partial charge in [0.1, 0.15) is 17.4 Å². The first-order chi connectivity index (χ1) is 27.6. The van der Waals surface area contributed by atoms with Crippen molar-refractivity contribution in [2.24, 2.45) is 5.92 Å². The van der Waals surface area contributed by atoms with E-state index in [2.05, 4.69) is 52.8 Å². The minimum atomic E-state index is -0.851. The van der Waals surface area contributed by atoms with Gasteiger partial charge in [-0.3, -0.25) is 24.8 Å². The average molecular weight is 782 g/mol. The lowest BCUT2D eigenvalue weighted by Crippen LogP contribution is -2.55. The Balaban J connectivity index is 0.845. The molecule has 3 unspecified atom stereocenters. The number of piperazine rings is 1. The van der Waals surface area contributed by atoms with Gasteiger partial charge in [-0.1, -0.05) is 17.4 Å². The van der Waals surface area contributed by atoms with Crippen LogP contribution in [-0.4, -0.2) is 96.8 Å². The summed E-state index contributed by atoms with van der Waals surface area (Å²) in [6, 6.07) is 17.0. The van der Waals surface area contributed by atoms with Gasteiger partial charge >= 0.3 is 0 Å². The van der Waals surface area contributed by atoms with Crippen molar-refractivity contribution in [2.45, 2.75) is 75.9 Å². The highest BCUT2D eigenvalue weighted by molar-refractivity contribution is 7.18. The molecule has 2 bridgehead atoms. The van der Waals surface area contributed by atoms with Crippen molar-refractivity contribution in [3.8, 4) is 34.1 Å². The second kappa shape index (κ2) is 14.8. The fraction of sp³-hybridized carbons (Fsp3) is 0.439. The second-order valence-electron chi connectivity index (χ2n) is 16.1. The van der Waals surface area contributed by atoms with Gasteiger partial charge in [0.2, 0.25) is 16.9 Å². The smallest absolute Gasteiger partial charge is 0.234 e. The number of pyridine rings is 2. The van der Waals surface area contributed by atoms with Crippen molar-refractivity contribution in [3.63, 3.8) is 0 Å². The molecule has 2 amide bonds. The predicted octanol–water partition coefficient (Wildman–Crippen LogP) is 4.99. The Morgan fingerprint density at radius 2 is 1.74 bits per heavy atom. The van der Waals surface area contributed by atoms with Crippen LogP contribution in [0.1, 0.15) is 69.4 Å². The van der Waals surface area contributed by atoms with Crippen LogP contribution in [0.15, 0.2) is 55.0 Å². The average Bonchev–Trinajstić information content (AvgIpc) is 3.93. The Hall–Kier alpha value is -5.97. The highest BCUT2D eigenvalue weighted by atomic mass is 32.1. The SMILES string of the molecule is CC(C)(C#N)Nc1cc(-c2ccc3cc(C#N)cnn23)ncc1-c1nnc(N2CC3CCC(C2)N3CC2CCN(c3ccc(C4CCC(=O)NC4=O)cn3)CC2)s1. The van der Waals surface area contributed by atoms with Crippen molar-refractivity contribution in [1.82, 2.24) is 40.0 Å². The summed E-state index contributed by atoms with van der Waals surface area (Å²) in [5, 5.41) is 40.5. The number of rotatable bonds is 9. The molecule has 16 heteroatoms. The van der Waals surface area contributed by atoms with E-state index in [0.29, 0.717) is 42.1 Å². The molecule has 5 aromatic rings. The number of aromatic nitrogens is 6. The number of piperidine rings is 2. The Bertz CT molecular complexity index is 2410. The van der Waals surface area contributed by atoms with E-state index < -0.39 is 5.54 Å². The number of nitriles is 2. The summed E-state index contributed by atoms with van der Waals surface area (Å²) in [7, 11) is 0. The molecule has 4 aliphatic rings. The molecule has 0 aliphatic carbocycles. The van der Waals surface area contributed by atoms with Gasteiger partial charge in [0.25, 0.3) is 0 Å². The number of fused-ring (bicyclic) bond motifs is 3. The number of carbonyl (C=O) groups excluding carboxylic acids is 2. The van der Waals surface area contributed by atoms with Crippen LogP contribution in [-0.2, 0) is 9.59 Å². The van der Waals surface area contributed by atoms with E-state index in [1.54, 1.807) is 34.3 Å². The molecule has 0 saturated carbocycles. The van der Waals surface area contributed by atoms with Crippen molar-refractivity contribution in [1.29, 1.82) is 10.5 Å². The number of hydrogen-bond donors (Lipinski definition) is 2. The molecular formula is C41H43N13O2S. The summed E-state index contributed by atoms with van der Waals surface area (Å²) in [6.45, 7) is 8.52. The third-order valence-electron chi connectivity index (χ3n) is 11.9. The van der Waals surface area contributed by atoms with Crippen LogP contribution < -0.4 is 20.4 Å². The van der Waals surface area contributed by atoms with Crippen molar-refractivity contribution < 1.29 is 9.59 Å². The van der Waals surface area contributed by atoms with E-state index >= 15 is 0 Å². The largest absolute Gasteiger partial charge is 0.367 e. The van der Waals surface area contributed by atoms with Crippen LogP contribution in [0.3, 0.4) is 0 Å². The Morgan fingerprint density at radius 1 is 0.930 bits per heavy atom. The molecule has 0 spiro atoms. The number of hydrogen-bond acceptors (Lipinski definition) is 14. The fourth-order valence-corrected chi connectivity index (χ4v) is 9.72. The van der Waals surface area contributed by atoms with Crippen LogP contribution in [0, 0.1) is 28.6 Å². The van der Waals surface area contributed by atoms with Crippen molar-refractivity contribution in [3.05, 3.63) is 66.1 Å². The van der Waals surface area contributed by atoms with Crippen LogP contribution in [0.2, 0.25) is 0 Å². The quantitative estimate of drug-likeness (QED) is 0.191. The zero-order valence-corrected chi connectivity index (χ0v) is 32.7. The third-order valence-corrected chi connectivity index (χ3v) is 12.9. The van der Waals surface area contributed by atoms with Crippen LogP contribution in [0.5, 0.6) is 0 Å². The third kappa shape index (κ3) is 7.27. The lowest BCUT2D eigenvalue weighted by atomic mass is 9.91. The number of nitrogens with one attached hydrogen (secondary N) is 2. The van der Waals surface area contributed by atoms with E-state index in [0.717, 1.165) is 89.5 Å². The van der Waals surface area contributed by atoms with Gasteiger partial charge in [-0.05, 0) is 87.8 Å². The number of imide groups is 1. The van der Waals surface area contributed by atoms with Crippen LogP contribution in [0.25, 0.3) is 27.5 Å². The summed E-state index contributed by atoms with van der Waals surface area (Å²) in [6.07, 6.45) is 10.6. The van der Waals surface area contributed by atoms with Gasteiger partial charge < -0.3 is 15.1 Å². The molecule has 57 heavy (non-hydrogen) atoms. The van der Waals surface area contributed by atoms with E-state index in [9.17, 15) is 20.1 Å². The monoisotopic (exact) mass is 781 g/mol. The maximum absolute atomic E-state index is 12.3. The Morgan fingerprint density at radius 3 is 2.46 bits per heavy atom. The molecule has 290 valence electrons. The molecule has 15 nitrogen and oxygen atoms in total. The highest BCUT2D eigenvalue weighted by Crippen LogP contribution is 2.40. The minimum Gasteiger partial charge on any atom is -0.367 e. The number of anilines is 3. The van der Waals surface area contributed by atoms with Crippen LogP contribution in [0.4, 0.5) is 16.6 Å². The number of amides is 2. The van der Waals surface area contributed by atoms with E-state index in [4.69, 9.17) is 9.97 Å². The molecule has 0 radical (unpaired) electrons. The molecule has 2 N–H and O–H groups in total. The highest BCUT2D eigenvalue weighted by Gasteiger charge is 2.42. The number of nitrogens with zero attached hydrogens (tertiary/aromatic N) is 11. The molecule has 4 aliphatic heterocycles. The first kappa shape index (κ1) is 36.7. The molecule has 3 atom stereocenters. The molecule has 4 fully saturated rings. The maximum Gasteiger partial charge on any atom is 0.234 e. The van der Waals surface area contributed by atoms with Crippen LogP contribution >= 0.6 is 11.3 Å². The predicted molar refractivity (Wildman–Crippen MR) is 215 cm³/mol. The normalized spacial score (nSPS) is 21.7. The molecular weight excluding hydrogens is 739 g/mol. The zero-order valence-electron chi connectivity index (χ0n) is 31.9. The van der Waals surface area contributed by atoms with Gasteiger partial charge in [0, 0.05) is 69.3 Å². The summed E-state index contributed by atoms with van der Waals surface area (Å²) in [5.74, 6) is 0.825. The van der Waals surface area contributed by atoms with Gasteiger partial charge in [-0.15, -0.1) is 10.2 Å². The van der Waals surface area contributed by atoms with E-state index in [-0.39, 0.29) is 17.7 Å². The zero-order chi connectivity index (χ0) is 39.3. The minimum absolute atomic E-state index is 0.202. The second-order valence-corrected chi connectivity index (χ2v) is 17.1. The van der Waals surface area contributed by atoms with E-state index in [1.165, 1.54) is 19.0 Å². The van der Waals surface area contributed by atoms with E-state index in [1.807, 2.05) is 44.2 Å². The molecule has 4 saturated heterocycles. The topological polar surface area (TPSA) is 184 Å². The van der Waals surface area contributed by atoms with Crippen molar-refractivity contribution in [2.75, 3.05) is 47.8 Å². The Kier molecular flexibility index (Phi) is 9.54. The molecule has 9 heterocycles. The first-order valence-electron chi connectivity index (χ1n) is 19.6. The van der Waals surface area contributed by atoms with Gasteiger partial charge in [-0.25, -0.2) is 9.50 Å².